The van der Waals surface area contributed by atoms with Gasteiger partial charge in [-0.25, -0.2) is 0 Å². The summed E-state index contributed by atoms with van der Waals surface area (Å²) >= 11 is 7.61. The Bertz CT molecular complexity index is 1230. The van der Waals surface area contributed by atoms with Crippen LogP contribution in [0.1, 0.15) is 18.3 Å². The predicted octanol–water partition coefficient (Wildman–Crippen LogP) is 5.96. The number of aromatic nitrogens is 3. The van der Waals surface area contributed by atoms with Crippen LogP contribution in [0.15, 0.2) is 84.0 Å². The molecule has 3 aromatic carbocycles. The third kappa shape index (κ3) is 5.94. The number of halogens is 1. The molecule has 168 valence electrons. The van der Waals surface area contributed by atoms with Crippen molar-refractivity contribution in [2.75, 3.05) is 10.6 Å². The second-order valence-electron chi connectivity index (χ2n) is 7.55. The molecule has 0 saturated heterocycles. The maximum atomic E-state index is 12.7. The molecule has 0 bridgehead atoms. The average Bonchev–Trinajstić information content (AvgIpc) is 3.21. The minimum absolute atomic E-state index is 0.105. The zero-order valence-electron chi connectivity index (χ0n) is 18.3. The Balaban J connectivity index is 1.56. The molecule has 1 aromatic heterocycles. The van der Waals surface area contributed by atoms with Gasteiger partial charge in [0.15, 0.2) is 11.0 Å². The summed E-state index contributed by atoms with van der Waals surface area (Å²) in [6, 6.07) is 25.1. The van der Waals surface area contributed by atoms with E-state index in [1.54, 1.807) is 0 Å². The van der Waals surface area contributed by atoms with Gasteiger partial charge in [0.1, 0.15) is 0 Å². The summed E-state index contributed by atoms with van der Waals surface area (Å²) in [5, 5.41) is 16.0. The molecule has 6 nitrogen and oxygen atoms in total. The van der Waals surface area contributed by atoms with Gasteiger partial charge in [0.2, 0.25) is 5.91 Å². The van der Waals surface area contributed by atoms with E-state index in [4.69, 9.17) is 11.6 Å². The van der Waals surface area contributed by atoms with Crippen molar-refractivity contribution in [3.8, 4) is 5.69 Å². The number of nitrogens with one attached hydrogen (secondary N) is 2. The van der Waals surface area contributed by atoms with Gasteiger partial charge >= 0.3 is 0 Å². The van der Waals surface area contributed by atoms with Crippen LogP contribution in [0.25, 0.3) is 5.69 Å². The number of nitrogens with zero attached hydrogens (tertiary/aromatic N) is 3. The second kappa shape index (κ2) is 10.6. The summed E-state index contributed by atoms with van der Waals surface area (Å²) in [5.74, 6) is 0.613. The number of hydrogen-bond donors (Lipinski definition) is 2. The van der Waals surface area contributed by atoms with Crippen molar-refractivity contribution in [1.29, 1.82) is 0 Å². The lowest BCUT2D eigenvalue weighted by Crippen LogP contribution is -2.23. The Hall–Kier alpha value is -3.29. The average molecular weight is 478 g/mol. The number of carbonyl (C=O) groups is 1. The molecule has 0 saturated carbocycles. The Morgan fingerprint density at radius 2 is 1.76 bits per heavy atom. The zero-order valence-corrected chi connectivity index (χ0v) is 19.9. The summed E-state index contributed by atoms with van der Waals surface area (Å²) < 4.78 is 1.93. The first kappa shape index (κ1) is 22.9. The molecule has 2 N–H and O–H groups in total. The highest BCUT2D eigenvalue weighted by molar-refractivity contribution is 8.00. The first-order valence-corrected chi connectivity index (χ1v) is 11.8. The molecule has 1 amide bonds. The van der Waals surface area contributed by atoms with Crippen molar-refractivity contribution < 1.29 is 4.79 Å². The van der Waals surface area contributed by atoms with Crippen molar-refractivity contribution in [1.82, 2.24) is 14.8 Å². The topological polar surface area (TPSA) is 71.8 Å². The van der Waals surface area contributed by atoms with Crippen LogP contribution in [0.5, 0.6) is 0 Å². The predicted molar refractivity (Wildman–Crippen MR) is 135 cm³/mol. The Labute approximate surface area is 202 Å². The number of aryl methyl sites for hydroxylation is 1. The van der Waals surface area contributed by atoms with Crippen LogP contribution in [0.2, 0.25) is 5.02 Å². The second-order valence-corrected chi connectivity index (χ2v) is 9.29. The van der Waals surface area contributed by atoms with Crippen molar-refractivity contribution in [2.24, 2.45) is 0 Å². The van der Waals surface area contributed by atoms with Gasteiger partial charge in [-0.2, -0.15) is 0 Å². The van der Waals surface area contributed by atoms with Crippen LogP contribution in [0, 0.1) is 6.92 Å². The van der Waals surface area contributed by atoms with Crippen LogP contribution in [-0.2, 0) is 11.3 Å². The van der Waals surface area contributed by atoms with Crippen molar-refractivity contribution >= 4 is 40.6 Å². The summed E-state index contributed by atoms with van der Waals surface area (Å²) in [4.78, 5) is 12.7. The molecule has 0 unspecified atom stereocenters. The maximum Gasteiger partial charge on any atom is 0.237 e. The summed E-state index contributed by atoms with van der Waals surface area (Å²) in [5.41, 5.74) is 3.79. The monoisotopic (exact) mass is 477 g/mol. The number of thioether (sulfide) groups is 1. The van der Waals surface area contributed by atoms with E-state index in [0.717, 1.165) is 22.9 Å². The van der Waals surface area contributed by atoms with E-state index in [1.807, 2.05) is 78.2 Å². The van der Waals surface area contributed by atoms with Gasteiger partial charge in [0.05, 0.1) is 17.5 Å². The molecule has 1 atom stereocenters. The quantitative estimate of drug-likeness (QED) is 0.306. The number of rotatable bonds is 8. The molecular formula is C25H24ClN5OS. The van der Waals surface area contributed by atoms with Crippen LogP contribution in [0.3, 0.4) is 0 Å². The molecule has 4 aromatic rings. The lowest BCUT2D eigenvalue weighted by atomic mass is 10.2. The van der Waals surface area contributed by atoms with E-state index in [1.165, 1.54) is 17.3 Å². The summed E-state index contributed by atoms with van der Waals surface area (Å²) in [6.45, 7) is 4.37. The van der Waals surface area contributed by atoms with Gasteiger partial charge in [0, 0.05) is 16.4 Å². The van der Waals surface area contributed by atoms with Gasteiger partial charge in [0.25, 0.3) is 0 Å². The number of carbonyl (C=O) groups excluding carboxylic acids is 1. The van der Waals surface area contributed by atoms with Crippen LogP contribution in [0.4, 0.5) is 11.4 Å². The minimum atomic E-state index is -0.384. The van der Waals surface area contributed by atoms with Crippen molar-refractivity contribution in [2.45, 2.75) is 30.8 Å². The number of benzene rings is 3. The number of para-hydroxylation sites is 1. The maximum absolute atomic E-state index is 12.7. The first-order chi connectivity index (χ1) is 16.0. The normalized spacial score (nSPS) is 11.7. The van der Waals surface area contributed by atoms with Gasteiger partial charge < -0.3 is 10.6 Å². The van der Waals surface area contributed by atoms with Crippen LogP contribution < -0.4 is 10.6 Å². The highest BCUT2D eigenvalue weighted by atomic mass is 35.5. The number of hydrogen-bond acceptors (Lipinski definition) is 5. The largest absolute Gasteiger partial charge is 0.378 e. The molecule has 0 aliphatic carbocycles. The zero-order chi connectivity index (χ0) is 23.2. The Kier molecular flexibility index (Phi) is 7.32. The van der Waals surface area contributed by atoms with E-state index in [9.17, 15) is 4.79 Å². The highest BCUT2D eigenvalue weighted by Crippen LogP contribution is 2.28. The van der Waals surface area contributed by atoms with Gasteiger partial charge in [-0.1, -0.05) is 65.3 Å². The van der Waals surface area contributed by atoms with E-state index in [2.05, 4.69) is 39.9 Å². The smallest absolute Gasteiger partial charge is 0.237 e. The summed E-state index contributed by atoms with van der Waals surface area (Å²) in [7, 11) is 0. The molecule has 8 heteroatoms. The molecule has 33 heavy (non-hydrogen) atoms. The summed E-state index contributed by atoms with van der Waals surface area (Å²) in [6.07, 6.45) is 0. The molecule has 0 aliphatic heterocycles. The third-order valence-corrected chi connectivity index (χ3v) is 6.24. The lowest BCUT2D eigenvalue weighted by molar-refractivity contribution is -0.115. The SMILES string of the molecule is Cc1ccc(NCc2nnc(S[C@H](C)C(=O)Nc3ccccc3)n2-c2cccc(Cl)c2)cc1. The van der Waals surface area contributed by atoms with Gasteiger partial charge in [-0.3, -0.25) is 9.36 Å². The molecule has 4 rings (SSSR count). The fourth-order valence-corrected chi connectivity index (χ4v) is 4.27. The molecule has 0 fully saturated rings. The molecule has 0 radical (unpaired) electrons. The number of amides is 1. The van der Waals surface area contributed by atoms with Crippen molar-refractivity contribution in [3.63, 3.8) is 0 Å². The van der Waals surface area contributed by atoms with E-state index < -0.39 is 0 Å². The van der Waals surface area contributed by atoms with Crippen molar-refractivity contribution in [3.05, 3.63) is 95.3 Å². The number of anilines is 2. The standard InChI is InChI=1S/C25H24ClN5OS/c1-17-11-13-20(14-12-17)27-16-23-29-30-25(31(23)22-10-6-7-19(26)15-22)33-18(2)24(32)28-21-8-4-3-5-9-21/h3-15,18,27H,16H2,1-2H3,(H,28,32)/t18-/m1/s1. The Morgan fingerprint density at radius 3 is 2.48 bits per heavy atom. The molecule has 0 spiro atoms. The van der Waals surface area contributed by atoms with Gasteiger partial charge in [-0.05, 0) is 56.3 Å². The van der Waals surface area contributed by atoms with Crippen LogP contribution >= 0.6 is 23.4 Å². The molecular weight excluding hydrogens is 454 g/mol. The molecule has 1 heterocycles. The first-order valence-electron chi connectivity index (χ1n) is 10.5. The minimum Gasteiger partial charge on any atom is -0.378 e. The van der Waals surface area contributed by atoms with E-state index in [0.29, 0.717) is 16.7 Å². The molecule has 0 aliphatic rings. The fraction of sp³-hybridized carbons (Fsp3) is 0.160. The highest BCUT2D eigenvalue weighted by Gasteiger charge is 2.21. The third-order valence-electron chi connectivity index (χ3n) is 4.96. The van der Waals surface area contributed by atoms with Crippen LogP contribution in [-0.4, -0.2) is 25.9 Å². The fourth-order valence-electron chi connectivity index (χ4n) is 3.20. The van der Waals surface area contributed by atoms with E-state index in [-0.39, 0.29) is 11.2 Å². The van der Waals surface area contributed by atoms with E-state index >= 15 is 0 Å². The van der Waals surface area contributed by atoms with Gasteiger partial charge in [-0.15, -0.1) is 10.2 Å². The Morgan fingerprint density at radius 1 is 1.00 bits per heavy atom. The lowest BCUT2D eigenvalue weighted by Gasteiger charge is -2.14.